The van der Waals surface area contributed by atoms with Crippen molar-refractivity contribution in [2.75, 3.05) is 13.6 Å². The summed E-state index contributed by atoms with van der Waals surface area (Å²) in [4.78, 5) is 5.94. The maximum Gasteiger partial charge on any atom is 0.573 e. The molecule has 0 radical (unpaired) electrons. The lowest BCUT2D eigenvalue weighted by atomic mass is 9.99. The summed E-state index contributed by atoms with van der Waals surface area (Å²) in [6.45, 7) is 4.51. The normalized spacial score (nSPS) is 11.8. The fourth-order valence-corrected chi connectivity index (χ4v) is 2.31. The first kappa shape index (κ1) is 19.8. The lowest BCUT2D eigenvalue weighted by Crippen LogP contribution is -2.17. The third-order valence-corrected chi connectivity index (χ3v) is 3.82. The van der Waals surface area contributed by atoms with Crippen LogP contribution >= 0.6 is 0 Å². The molecular formula is C19H20F4N2O. The maximum absolute atomic E-state index is 14.3. The van der Waals surface area contributed by atoms with Crippen LogP contribution in [0.15, 0.2) is 41.4 Å². The van der Waals surface area contributed by atoms with Gasteiger partial charge in [-0.25, -0.2) is 9.38 Å². The van der Waals surface area contributed by atoms with Crippen LogP contribution in [0.5, 0.6) is 5.75 Å². The second-order valence-electron chi connectivity index (χ2n) is 5.92. The molecule has 3 nitrogen and oxygen atoms in total. The number of alkyl halides is 3. The predicted octanol–water partition coefficient (Wildman–Crippen LogP) is 5.24. The number of rotatable bonds is 6. The summed E-state index contributed by atoms with van der Waals surface area (Å²) in [6, 6.07) is 8.66. The quantitative estimate of drug-likeness (QED) is 0.396. The molecule has 0 N–H and O–H groups in total. The van der Waals surface area contributed by atoms with E-state index >= 15 is 0 Å². The van der Waals surface area contributed by atoms with E-state index in [4.69, 9.17) is 0 Å². The number of nitrogens with zero attached hydrogens (tertiary/aromatic N) is 2. The van der Waals surface area contributed by atoms with Gasteiger partial charge in [0.05, 0.1) is 6.34 Å². The van der Waals surface area contributed by atoms with E-state index in [2.05, 4.69) is 9.73 Å². The van der Waals surface area contributed by atoms with Crippen molar-refractivity contribution < 1.29 is 22.3 Å². The number of aryl methyl sites for hydroxylation is 1. The zero-order chi connectivity index (χ0) is 19.3. The SMILES string of the molecule is CCN(C)C=Nc1cc(C)c(Cc2cccc(OC(F)(F)F)c2)cc1F. The molecule has 0 fully saturated rings. The summed E-state index contributed by atoms with van der Waals surface area (Å²) in [6.07, 6.45) is -2.90. The van der Waals surface area contributed by atoms with Crippen molar-refractivity contribution in [3.8, 4) is 5.75 Å². The van der Waals surface area contributed by atoms with Gasteiger partial charge in [0.15, 0.2) is 0 Å². The Hall–Kier alpha value is -2.57. The molecule has 2 aromatic rings. The summed E-state index contributed by atoms with van der Waals surface area (Å²) < 4.78 is 55.2. The van der Waals surface area contributed by atoms with Gasteiger partial charge in [-0.3, -0.25) is 0 Å². The van der Waals surface area contributed by atoms with Crippen LogP contribution in [0.25, 0.3) is 0 Å². The molecule has 0 aliphatic heterocycles. The number of ether oxygens (including phenoxy) is 1. The molecule has 0 amide bonds. The minimum absolute atomic E-state index is 0.223. The maximum atomic E-state index is 14.3. The van der Waals surface area contributed by atoms with E-state index in [0.717, 1.165) is 12.1 Å². The molecule has 0 atom stereocenters. The number of halogens is 4. The lowest BCUT2D eigenvalue weighted by molar-refractivity contribution is -0.274. The van der Waals surface area contributed by atoms with Crippen molar-refractivity contribution >= 4 is 12.0 Å². The van der Waals surface area contributed by atoms with Crippen molar-refractivity contribution in [2.24, 2.45) is 4.99 Å². The van der Waals surface area contributed by atoms with E-state index < -0.39 is 12.2 Å². The minimum Gasteiger partial charge on any atom is -0.406 e. The van der Waals surface area contributed by atoms with Crippen LogP contribution in [0.4, 0.5) is 23.2 Å². The Kier molecular flexibility index (Phi) is 6.23. The van der Waals surface area contributed by atoms with E-state index in [1.165, 1.54) is 24.3 Å². The average molecular weight is 368 g/mol. The van der Waals surface area contributed by atoms with Crippen LogP contribution in [0.1, 0.15) is 23.6 Å². The Labute approximate surface area is 149 Å². The van der Waals surface area contributed by atoms with Gasteiger partial charge < -0.3 is 9.64 Å². The smallest absolute Gasteiger partial charge is 0.406 e. The molecule has 0 spiro atoms. The molecule has 26 heavy (non-hydrogen) atoms. The van der Waals surface area contributed by atoms with Crippen LogP contribution in [-0.4, -0.2) is 31.2 Å². The molecule has 0 aliphatic carbocycles. The predicted molar refractivity (Wildman–Crippen MR) is 93.5 cm³/mol. The molecule has 0 aromatic heterocycles. The number of hydrogen-bond donors (Lipinski definition) is 0. The zero-order valence-electron chi connectivity index (χ0n) is 14.8. The highest BCUT2D eigenvalue weighted by atomic mass is 19.4. The molecule has 2 rings (SSSR count). The molecule has 140 valence electrons. The molecule has 0 unspecified atom stereocenters. The summed E-state index contributed by atoms with van der Waals surface area (Å²) >= 11 is 0. The number of hydrogen-bond acceptors (Lipinski definition) is 2. The summed E-state index contributed by atoms with van der Waals surface area (Å²) in [7, 11) is 1.83. The molecule has 2 aromatic carbocycles. The van der Waals surface area contributed by atoms with E-state index in [1.54, 1.807) is 18.5 Å². The summed E-state index contributed by atoms with van der Waals surface area (Å²) in [5.41, 5.74) is 2.30. The van der Waals surface area contributed by atoms with Crippen LogP contribution in [0.2, 0.25) is 0 Å². The first-order chi connectivity index (χ1) is 12.2. The fourth-order valence-electron chi connectivity index (χ4n) is 2.31. The molecule has 0 saturated carbocycles. The lowest BCUT2D eigenvalue weighted by Gasteiger charge is -2.12. The Morgan fingerprint density at radius 3 is 2.58 bits per heavy atom. The highest BCUT2D eigenvalue weighted by molar-refractivity contribution is 5.62. The second-order valence-corrected chi connectivity index (χ2v) is 5.92. The van der Waals surface area contributed by atoms with Gasteiger partial charge in [0.2, 0.25) is 0 Å². The standard InChI is InChI=1S/C19H20F4N2O/c1-4-25(3)12-24-18-8-13(2)15(11-17(18)20)9-14-6-5-7-16(10-14)26-19(21,22)23/h5-8,10-12H,4,9H2,1-3H3. The van der Waals surface area contributed by atoms with Gasteiger partial charge in [-0.05, 0) is 61.2 Å². The van der Waals surface area contributed by atoms with Crippen LogP contribution in [0.3, 0.4) is 0 Å². The molecule has 0 heterocycles. The van der Waals surface area contributed by atoms with Crippen molar-refractivity contribution in [3.63, 3.8) is 0 Å². The van der Waals surface area contributed by atoms with Crippen LogP contribution in [-0.2, 0) is 6.42 Å². The average Bonchev–Trinajstić information content (AvgIpc) is 2.55. The third-order valence-electron chi connectivity index (χ3n) is 3.82. The summed E-state index contributed by atoms with van der Waals surface area (Å²) in [5.74, 6) is -0.772. The topological polar surface area (TPSA) is 24.8 Å². The van der Waals surface area contributed by atoms with Gasteiger partial charge in [0, 0.05) is 13.6 Å². The van der Waals surface area contributed by atoms with Gasteiger partial charge in [-0.1, -0.05) is 12.1 Å². The van der Waals surface area contributed by atoms with Gasteiger partial charge in [-0.2, -0.15) is 0 Å². The van der Waals surface area contributed by atoms with Gasteiger partial charge in [0.1, 0.15) is 17.3 Å². The Morgan fingerprint density at radius 1 is 1.19 bits per heavy atom. The number of benzene rings is 2. The highest BCUT2D eigenvalue weighted by Crippen LogP contribution is 2.27. The van der Waals surface area contributed by atoms with Crippen molar-refractivity contribution in [1.29, 1.82) is 0 Å². The first-order valence-corrected chi connectivity index (χ1v) is 8.06. The third kappa shape index (κ3) is 5.75. The first-order valence-electron chi connectivity index (χ1n) is 8.06. The van der Waals surface area contributed by atoms with E-state index in [9.17, 15) is 17.6 Å². The number of aliphatic imine (C=N–C) groups is 1. The Bertz CT molecular complexity index is 788. The molecule has 0 saturated heterocycles. The van der Waals surface area contributed by atoms with E-state index in [1.807, 2.05) is 25.8 Å². The van der Waals surface area contributed by atoms with Gasteiger partial charge in [0.25, 0.3) is 0 Å². The minimum atomic E-state index is -4.74. The fraction of sp³-hybridized carbons (Fsp3) is 0.316. The zero-order valence-corrected chi connectivity index (χ0v) is 14.8. The molecule has 0 bridgehead atoms. The molecule has 7 heteroatoms. The largest absolute Gasteiger partial charge is 0.573 e. The summed E-state index contributed by atoms with van der Waals surface area (Å²) in [5, 5.41) is 0. The Balaban J connectivity index is 2.21. The molecular weight excluding hydrogens is 348 g/mol. The molecule has 0 aliphatic rings. The van der Waals surface area contributed by atoms with Crippen molar-refractivity contribution in [2.45, 2.75) is 26.6 Å². The van der Waals surface area contributed by atoms with Gasteiger partial charge in [-0.15, -0.1) is 13.2 Å². The van der Waals surface area contributed by atoms with Crippen LogP contribution in [0, 0.1) is 12.7 Å². The monoisotopic (exact) mass is 368 g/mol. The van der Waals surface area contributed by atoms with Crippen LogP contribution < -0.4 is 4.74 Å². The van der Waals surface area contributed by atoms with Crippen molar-refractivity contribution in [3.05, 3.63) is 58.9 Å². The van der Waals surface area contributed by atoms with E-state index in [0.29, 0.717) is 11.1 Å². The van der Waals surface area contributed by atoms with E-state index in [-0.39, 0.29) is 17.9 Å². The van der Waals surface area contributed by atoms with Crippen molar-refractivity contribution in [1.82, 2.24) is 4.90 Å². The second kappa shape index (κ2) is 8.21. The van der Waals surface area contributed by atoms with Gasteiger partial charge >= 0.3 is 6.36 Å². The Morgan fingerprint density at radius 2 is 1.92 bits per heavy atom. The highest BCUT2D eigenvalue weighted by Gasteiger charge is 2.31.